The molecule has 4 aliphatic rings. The zero-order chi connectivity index (χ0) is 47.8. The maximum atomic E-state index is 16.0. The minimum atomic E-state index is -4.53. The summed E-state index contributed by atoms with van der Waals surface area (Å²) in [4.78, 5) is 0. The zero-order valence-electron chi connectivity index (χ0n) is 40.9. The summed E-state index contributed by atoms with van der Waals surface area (Å²) < 4.78 is 47.9. The Morgan fingerprint density at radius 2 is 0.507 bits per heavy atom. The van der Waals surface area contributed by atoms with E-state index in [9.17, 15) is 0 Å². The largest absolute Gasteiger partial charge is 0.402 e. The maximum absolute atomic E-state index is 16.0. The molecule has 12 rings (SSSR count). The van der Waals surface area contributed by atoms with Gasteiger partial charge in [0.1, 0.15) is 5.41 Å². The van der Waals surface area contributed by atoms with E-state index in [-0.39, 0.29) is 16.2 Å². The Hall–Kier alpha value is -6.45. The van der Waals surface area contributed by atoms with Crippen LogP contribution in [-0.4, -0.2) is 6.18 Å². The van der Waals surface area contributed by atoms with Gasteiger partial charge in [-0.3, -0.25) is 0 Å². The Kier molecular flexibility index (Phi) is 9.70. The third-order valence-corrected chi connectivity index (χ3v) is 18.5. The van der Waals surface area contributed by atoms with Crippen LogP contribution in [0.3, 0.4) is 0 Å². The van der Waals surface area contributed by atoms with Crippen LogP contribution in [0.1, 0.15) is 131 Å². The molecule has 3 heteroatoms. The van der Waals surface area contributed by atoms with Gasteiger partial charge in [0, 0.05) is 16.2 Å². The van der Waals surface area contributed by atoms with Gasteiger partial charge in [-0.05, 0) is 204 Å². The first-order valence-electron chi connectivity index (χ1n) is 25.5. The van der Waals surface area contributed by atoms with Gasteiger partial charge >= 0.3 is 6.18 Å². The van der Waals surface area contributed by atoms with Gasteiger partial charge in [-0.2, -0.15) is 13.2 Å². The molecule has 344 valence electrons. The van der Waals surface area contributed by atoms with Crippen molar-refractivity contribution in [2.75, 3.05) is 0 Å². The van der Waals surface area contributed by atoms with E-state index < -0.39 is 11.6 Å². The van der Waals surface area contributed by atoms with Gasteiger partial charge in [0.05, 0.1) is 0 Å². The molecule has 0 N–H and O–H groups in total. The number of hydrogen-bond acceptors (Lipinski definition) is 0. The minimum Gasteiger partial charge on any atom is -0.170 e. The summed E-state index contributed by atoms with van der Waals surface area (Å²) in [6.45, 7) is 15.1. The third kappa shape index (κ3) is 5.65. The zero-order valence-corrected chi connectivity index (χ0v) is 40.9. The van der Waals surface area contributed by atoms with Gasteiger partial charge in [0.2, 0.25) is 0 Å². The van der Waals surface area contributed by atoms with Crippen molar-refractivity contribution in [1.29, 1.82) is 0 Å². The van der Waals surface area contributed by atoms with Crippen LogP contribution in [0.5, 0.6) is 0 Å². The summed E-state index contributed by atoms with van der Waals surface area (Å²) in [6.07, 6.45) is 1.29. The molecular weight excluding hydrogens is 850 g/mol. The monoisotopic (exact) mass is 908 g/mol. The van der Waals surface area contributed by atoms with E-state index in [0.29, 0.717) is 22.3 Å². The van der Waals surface area contributed by atoms with Crippen LogP contribution in [0.25, 0.3) is 77.9 Å². The summed E-state index contributed by atoms with van der Waals surface area (Å²) >= 11 is 0. The summed E-state index contributed by atoms with van der Waals surface area (Å²) in [5.41, 5.74) is 21.1. The summed E-state index contributed by atoms with van der Waals surface area (Å²) in [7, 11) is 0. The number of rotatable bonds is 9. The first kappa shape index (κ1) is 43.8. The van der Waals surface area contributed by atoms with E-state index in [1.807, 2.05) is 36.4 Å². The first-order valence-corrected chi connectivity index (χ1v) is 25.5. The molecule has 1 atom stereocenters. The fourth-order valence-electron chi connectivity index (χ4n) is 14.4. The Bertz CT molecular complexity index is 3420. The highest BCUT2D eigenvalue weighted by molar-refractivity contribution is 5.91. The van der Waals surface area contributed by atoms with Crippen molar-refractivity contribution >= 4 is 0 Å². The van der Waals surface area contributed by atoms with Crippen molar-refractivity contribution in [2.45, 2.75) is 115 Å². The highest BCUT2D eigenvalue weighted by atomic mass is 19.4. The van der Waals surface area contributed by atoms with Gasteiger partial charge < -0.3 is 0 Å². The number of alkyl halides is 3. The Balaban J connectivity index is 0.913. The molecule has 0 radical (unpaired) electrons. The van der Waals surface area contributed by atoms with Gasteiger partial charge in [0.25, 0.3) is 0 Å². The highest BCUT2D eigenvalue weighted by Gasteiger charge is 2.58. The van der Waals surface area contributed by atoms with Gasteiger partial charge in [-0.15, -0.1) is 0 Å². The number of benzene rings is 8. The van der Waals surface area contributed by atoms with Gasteiger partial charge in [0.15, 0.2) is 0 Å². The highest BCUT2D eigenvalue weighted by Crippen LogP contribution is 2.60. The Labute approximate surface area is 406 Å². The molecule has 0 fully saturated rings. The van der Waals surface area contributed by atoms with E-state index in [2.05, 4.69) is 163 Å². The average molecular weight is 909 g/mol. The number of halogens is 3. The fourth-order valence-corrected chi connectivity index (χ4v) is 14.4. The van der Waals surface area contributed by atoms with E-state index >= 15 is 13.2 Å². The fraction of sp³-hybridized carbons (Fsp3) is 0.273. The van der Waals surface area contributed by atoms with Crippen molar-refractivity contribution in [1.82, 2.24) is 0 Å². The molecule has 0 saturated heterocycles. The van der Waals surface area contributed by atoms with Crippen LogP contribution in [0.2, 0.25) is 0 Å². The van der Waals surface area contributed by atoms with E-state index in [4.69, 9.17) is 0 Å². The third-order valence-electron chi connectivity index (χ3n) is 18.5. The Morgan fingerprint density at radius 1 is 0.290 bits per heavy atom. The lowest BCUT2D eigenvalue weighted by Gasteiger charge is -2.31. The van der Waals surface area contributed by atoms with Crippen molar-refractivity contribution in [3.63, 3.8) is 0 Å². The van der Waals surface area contributed by atoms with Crippen LogP contribution in [0, 0.1) is 0 Å². The second-order valence-electron chi connectivity index (χ2n) is 20.6. The molecule has 0 saturated carbocycles. The van der Waals surface area contributed by atoms with Crippen LogP contribution >= 0.6 is 0 Å². The maximum Gasteiger partial charge on any atom is 0.402 e. The normalized spacial score (nSPS) is 17.9. The SMILES string of the molecule is CCC1(CC)c2ccccc2-c2ccc(-c3ccc4c(c3)C(CC)(CC)c3cc(-c5ccc6c(c5)C(C)(C(F)(F)F)c5cc(-c7ccc8c(c7)C(CC)(CC)c7ccccc7-8)ccc5-6)ccc3-4)cc21. The second-order valence-corrected chi connectivity index (χ2v) is 20.6. The molecule has 0 heterocycles. The van der Waals surface area contributed by atoms with Gasteiger partial charge in [-0.25, -0.2) is 0 Å². The molecular formula is C66H59F3. The van der Waals surface area contributed by atoms with Crippen LogP contribution < -0.4 is 0 Å². The van der Waals surface area contributed by atoms with Crippen molar-refractivity contribution in [3.05, 3.63) is 202 Å². The quantitative estimate of drug-likeness (QED) is 0.135. The standard InChI is InChI=1S/C66H59F3/c1-8-63(9-2)54-20-16-14-18-46(54)50-30-24-42(36-58(50)63)40-22-28-48-49-29-23-41(35-57(49)62(7,56(48)34-40)66(67,68)69)43-26-32-52-53-33-27-45(39-61(53)65(12-5,13-6)60(52)38-43)44-25-31-51-47-19-15-17-21-55(47)64(10-3,11-4)59(51)37-44/h14-39H,8-13H2,1-7H3. The topological polar surface area (TPSA) is 0 Å². The molecule has 69 heavy (non-hydrogen) atoms. The van der Waals surface area contributed by atoms with Gasteiger partial charge in [-0.1, -0.05) is 163 Å². The van der Waals surface area contributed by atoms with Crippen LogP contribution in [0.15, 0.2) is 158 Å². The summed E-state index contributed by atoms with van der Waals surface area (Å²) in [5.74, 6) is 0. The van der Waals surface area contributed by atoms with E-state index in [1.165, 1.54) is 84.8 Å². The van der Waals surface area contributed by atoms with E-state index in [0.717, 1.165) is 60.8 Å². The molecule has 8 aromatic rings. The predicted molar refractivity (Wildman–Crippen MR) is 281 cm³/mol. The molecule has 4 aliphatic carbocycles. The lowest BCUT2D eigenvalue weighted by molar-refractivity contribution is -0.172. The van der Waals surface area contributed by atoms with Crippen molar-refractivity contribution < 1.29 is 13.2 Å². The molecule has 0 spiro atoms. The molecule has 0 aliphatic heterocycles. The summed E-state index contributed by atoms with van der Waals surface area (Å²) in [5, 5.41) is 0. The molecule has 0 amide bonds. The van der Waals surface area contributed by atoms with Crippen LogP contribution in [-0.2, 0) is 21.7 Å². The molecule has 0 nitrogen and oxygen atoms in total. The van der Waals surface area contributed by atoms with Crippen LogP contribution in [0.4, 0.5) is 13.2 Å². The second kappa shape index (κ2) is 15.3. The smallest absolute Gasteiger partial charge is 0.170 e. The molecule has 0 aromatic heterocycles. The first-order chi connectivity index (χ1) is 33.4. The predicted octanol–water partition coefficient (Wildman–Crippen LogP) is 18.8. The average Bonchev–Trinajstić information content (AvgIpc) is 4.04. The number of fused-ring (bicyclic) bond motifs is 12. The molecule has 0 bridgehead atoms. The minimum absolute atomic E-state index is 0.00384. The lowest BCUT2D eigenvalue weighted by Crippen LogP contribution is -2.38. The molecule has 8 aromatic carbocycles. The summed E-state index contributed by atoms with van der Waals surface area (Å²) in [6, 6.07) is 56.5. The number of hydrogen-bond donors (Lipinski definition) is 0. The van der Waals surface area contributed by atoms with Crippen molar-refractivity contribution in [3.8, 4) is 77.9 Å². The van der Waals surface area contributed by atoms with E-state index in [1.54, 1.807) is 0 Å². The lowest BCUT2D eigenvalue weighted by atomic mass is 9.72. The molecule has 1 unspecified atom stereocenters. The Morgan fingerprint density at radius 3 is 0.768 bits per heavy atom. The van der Waals surface area contributed by atoms with Crippen molar-refractivity contribution in [2.24, 2.45) is 0 Å².